The van der Waals surface area contributed by atoms with Crippen LogP contribution in [0.15, 0.2) is 40.0 Å². The number of nitrogens with one attached hydrogen (secondary N) is 2. The van der Waals surface area contributed by atoms with Gasteiger partial charge in [0.15, 0.2) is 11.0 Å². The molecular weight excluding hydrogens is 561 g/mol. The third-order valence-electron chi connectivity index (χ3n) is 5.30. The highest BCUT2D eigenvalue weighted by Gasteiger charge is 2.21. The van der Waals surface area contributed by atoms with Crippen molar-refractivity contribution in [2.24, 2.45) is 0 Å². The summed E-state index contributed by atoms with van der Waals surface area (Å²) in [6.07, 6.45) is 0. The fraction of sp³-hybridized carbons (Fsp3) is 0.304. The molecule has 0 saturated carbocycles. The van der Waals surface area contributed by atoms with Crippen molar-refractivity contribution in [3.8, 4) is 0 Å². The smallest absolute Gasteiger partial charge is 0.253 e. The number of aromatic nitrogens is 3. The molecule has 1 atom stereocenters. The van der Waals surface area contributed by atoms with Crippen LogP contribution < -0.4 is 10.6 Å². The van der Waals surface area contributed by atoms with Crippen LogP contribution in [-0.4, -0.2) is 32.3 Å². The summed E-state index contributed by atoms with van der Waals surface area (Å²) >= 11 is 16.9. The molecule has 3 aromatic rings. The Labute approximate surface area is 221 Å². The van der Waals surface area contributed by atoms with Gasteiger partial charge in [-0.05, 0) is 69.2 Å². The molecule has 0 fully saturated rings. The standard InChI is InChI=1S/C23H24BrCl2N5O2S/c1-5-31-21(14(4)27-22(33)16-7-6-15(25)10-18(16)26)29-30-23(31)34-11-20(32)28-19-9-8-17(24)12(2)13(19)3/h6-10,14H,5,11H2,1-4H3,(H,27,33)(H,28,32)/t14-/m1/s1. The summed E-state index contributed by atoms with van der Waals surface area (Å²) in [7, 11) is 0. The number of amides is 2. The van der Waals surface area contributed by atoms with E-state index in [4.69, 9.17) is 23.2 Å². The lowest BCUT2D eigenvalue weighted by Gasteiger charge is -2.16. The fourth-order valence-electron chi connectivity index (χ4n) is 3.28. The molecule has 0 spiro atoms. The Morgan fingerprint density at radius 2 is 1.88 bits per heavy atom. The van der Waals surface area contributed by atoms with Crippen LogP contribution in [0.4, 0.5) is 5.69 Å². The zero-order valence-electron chi connectivity index (χ0n) is 19.1. The largest absolute Gasteiger partial charge is 0.342 e. The number of carbonyl (C=O) groups excluding carboxylic acids is 2. The predicted molar refractivity (Wildman–Crippen MR) is 141 cm³/mol. The molecule has 0 bridgehead atoms. The van der Waals surface area contributed by atoms with Crippen molar-refractivity contribution < 1.29 is 9.59 Å². The summed E-state index contributed by atoms with van der Waals surface area (Å²) in [5.74, 6) is 0.283. The average molecular weight is 585 g/mol. The molecule has 0 aliphatic carbocycles. The van der Waals surface area contributed by atoms with E-state index in [-0.39, 0.29) is 22.6 Å². The van der Waals surface area contributed by atoms with Crippen LogP contribution in [-0.2, 0) is 11.3 Å². The Hall–Kier alpha value is -2.07. The monoisotopic (exact) mass is 583 g/mol. The van der Waals surface area contributed by atoms with E-state index in [0.29, 0.717) is 28.1 Å². The number of benzene rings is 2. The molecule has 0 aliphatic rings. The topological polar surface area (TPSA) is 88.9 Å². The molecule has 1 heterocycles. The quantitative estimate of drug-likeness (QED) is 0.307. The average Bonchev–Trinajstić information content (AvgIpc) is 3.21. The van der Waals surface area contributed by atoms with Crippen molar-refractivity contribution in [3.05, 3.63) is 67.4 Å². The summed E-state index contributed by atoms with van der Waals surface area (Å²) in [6.45, 7) is 8.32. The van der Waals surface area contributed by atoms with Crippen molar-refractivity contribution in [2.75, 3.05) is 11.1 Å². The van der Waals surface area contributed by atoms with Crippen LogP contribution in [0.1, 0.15) is 47.2 Å². The maximum absolute atomic E-state index is 12.7. The summed E-state index contributed by atoms with van der Waals surface area (Å²) < 4.78 is 2.88. The zero-order valence-corrected chi connectivity index (χ0v) is 23.0. The van der Waals surface area contributed by atoms with E-state index in [0.717, 1.165) is 21.3 Å². The molecule has 3 rings (SSSR count). The van der Waals surface area contributed by atoms with Crippen LogP contribution in [0, 0.1) is 13.8 Å². The second-order valence-corrected chi connectivity index (χ2v) is 10.2. The number of nitrogens with zero attached hydrogens (tertiary/aromatic N) is 3. The van der Waals surface area contributed by atoms with Gasteiger partial charge in [-0.25, -0.2) is 0 Å². The number of hydrogen-bond acceptors (Lipinski definition) is 5. The van der Waals surface area contributed by atoms with Crippen molar-refractivity contribution in [1.82, 2.24) is 20.1 Å². The highest BCUT2D eigenvalue weighted by Crippen LogP contribution is 2.27. The van der Waals surface area contributed by atoms with Crippen LogP contribution in [0.2, 0.25) is 10.0 Å². The van der Waals surface area contributed by atoms with Crippen LogP contribution in [0.3, 0.4) is 0 Å². The van der Waals surface area contributed by atoms with Crippen LogP contribution in [0.25, 0.3) is 0 Å². The van der Waals surface area contributed by atoms with Gasteiger partial charge in [-0.1, -0.05) is 50.9 Å². The summed E-state index contributed by atoms with van der Waals surface area (Å²) in [5, 5.41) is 15.7. The van der Waals surface area contributed by atoms with Crippen LogP contribution >= 0.6 is 50.9 Å². The Morgan fingerprint density at radius 3 is 2.56 bits per heavy atom. The third-order valence-corrected chi connectivity index (χ3v) is 7.67. The summed E-state index contributed by atoms with van der Waals surface area (Å²) in [5.41, 5.74) is 3.19. The highest BCUT2D eigenvalue weighted by molar-refractivity contribution is 9.10. The lowest BCUT2D eigenvalue weighted by atomic mass is 10.1. The van der Waals surface area contributed by atoms with Gasteiger partial charge in [0, 0.05) is 21.7 Å². The Morgan fingerprint density at radius 1 is 1.15 bits per heavy atom. The minimum absolute atomic E-state index is 0.138. The molecule has 2 N–H and O–H groups in total. The first-order chi connectivity index (χ1) is 16.1. The summed E-state index contributed by atoms with van der Waals surface area (Å²) in [6, 6.07) is 8.07. The molecule has 180 valence electrons. The molecule has 0 unspecified atom stereocenters. The lowest BCUT2D eigenvalue weighted by molar-refractivity contribution is -0.113. The van der Waals surface area contributed by atoms with E-state index in [2.05, 4.69) is 36.8 Å². The molecule has 7 nitrogen and oxygen atoms in total. The number of halogens is 3. The second-order valence-electron chi connectivity index (χ2n) is 7.59. The van der Waals surface area contributed by atoms with Gasteiger partial charge in [0.05, 0.1) is 22.4 Å². The molecular formula is C23H24BrCl2N5O2S. The number of carbonyl (C=O) groups is 2. The minimum atomic E-state index is -0.428. The SMILES string of the molecule is CCn1c(SCC(=O)Nc2ccc(Br)c(C)c2C)nnc1[C@@H](C)NC(=O)c1ccc(Cl)cc1Cl. The number of hydrogen-bond donors (Lipinski definition) is 2. The zero-order chi connectivity index (χ0) is 25.0. The van der Waals surface area contributed by atoms with Crippen molar-refractivity contribution in [2.45, 2.75) is 45.4 Å². The number of rotatable bonds is 8. The maximum atomic E-state index is 12.7. The van der Waals surface area contributed by atoms with Gasteiger partial charge in [-0.3, -0.25) is 9.59 Å². The van der Waals surface area contributed by atoms with E-state index in [9.17, 15) is 9.59 Å². The molecule has 0 aliphatic heterocycles. The number of anilines is 1. The van der Waals surface area contributed by atoms with Gasteiger partial charge < -0.3 is 15.2 Å². The Kier molecular flexibility index (Phi) is 9.03. The van der Waals surface area contributed by atoms with Gasteiger partial charge in [0.2, 0.25) is 5.91 Å². The van der Waals surface area contributed by atoms with E-state index >= 15 is 0 Å². The van der Waals surface area contributed by atoms with Gasteiger partial charge in [-0.2, -0.15) is 0 Å². The molecule has 2 aromatic carbocycles. The van der Waals surface area contributed by atoms with Gasteiger partial charge >= 0.3 is 0 Å². The number of thioether (sulfide) groups is 1. The van der Waals surface area contributed by atoms with E-state index in [1.165, 1.54) is 17.8 Å². The molecule has 0 saturated heterocycles. The fourth-order valence-corrected chi connectivity index (χ4v) is 5.01. The lowest BCUT2D eigenvalue weighted by Crippen LogP contribution is -2.29. The molecule has 0 radical (unpaired) electrons. The molecule has 1 aromatic heterocycles. The Bertz CT molecular complexity index is 1230. The first-order valence-electron chi connectivity index (χ1n) is 10.5. The summed E-state index contributed by atoms with van der Waals surface area (Å²) in [4.78, 5) is 25.2. The van der Waals surface area contributed by atoms with Crippen molar-refractivity contribution in [1.29, 1.82) is 0 Å². The first-order valence-corrected chi connectivity index (χ1v) is 13.0. The Balaban J connectivity index is 1.66. The molecule has 2 amide bonds. The van der Waals surface area contributed by atoms with E-state index in [1.54, 1.807) is 12.1 Å². The first kappa shape index (κ1) is 26.5. The maximum Gasteiger partial charge on any atom is 0.253 e. The van der Waals surface area contributed by atoms with Crippen molar-refractivity contribution in [3.63, 3.8) is 0 Å². The van der Waals surface area contributed by atoms with Crippen molar-refractivity contribution >= 4 is 68.4 Å². The third kappa shape index (κ3) is 6.13. The highest BCUT2D eigenvalue weighted by atomic mass is 79.9. The van der Waals surface area contributed by atoms with E-state index < -0.39 is 6.04 Å². The van der Waals surface area contributed by atoms with Gasteiger partial charge in [0.25, 0.3) is 5.91 Å². The minimum Gasteiger partial charge on any atom is -0.342 e. The van der Waals surface area contributed by atoms with Gasteiger partial charge in [-0.15, -0.1) is 10.2 Å². The normalized spacial score (nSPS) is 11.9. The van der Waals surface area contributed by atoms with Gasteiger partial charge in [0.1, 0.15) is 0 Å². The molecule has 11 heteroatoms. The van der Waals surface area contributed by atoms with Crippen LogP contribution in [0.5, 0.6) is 0 Å². The molecule has 34 heavy (non-hydrogen) atoms. The van der Waals surface area contributed by atoms with E-state index in [1.807, 2.05) is 44.4 Å². The predicted octanol–water partition coefficient (Wildman–Crippen LogP) is 6.21. The second kappa shape index (κ2) is 11.6.